The van der Waals surface area contributed by atoms with Crippen molar-refractivity contribution in [3.05, 3.63) is 94.5 Å². The summed E-state index contributed by atoms with van der Waals surface area (Å²) in [5.41, 5.74) is 3.67. The molecule has 3 rings (SSSR count). The Labute approximate surface area is 182 Å². The summed E-state index contributed by atoms with van der Waals surface area (Å²) in [6.07, 6.45) is 0. The molecule has 30 heavy (non-hydrogen) atoms. The van der Waals surface area contributed by atoms with Crippen molar-refractivity contribution in [2.75, 3.05) is 19.5 Å². The highest BCUT2D eigenvalue weighted by molar-refractivity contribution is 6.31. The zero-order valence-corrected chi connectivity index (χ0v) is 17.9. The number of benzene rings is 3. The van der Waals surface area contributed by atoms with Gasteiger partial charge in [-0.1, -0.05) is 54.1 Å². The van der Waals surface area contributed by atoms with Gasteiger partial charge in [-0.15, -0.1) is 0 Å². The van der Waals surface area contributed by atoms with E-state index in [1.807, 2.05) is 72.8 Å². The summed E-state index contributed by atoms with van der Waals surface area (Å²) in [5, 5.41) is 3.56. The number of hydrogen-bond acceptors (Lipinski definition) is 3. The fraction of sp³-hybridized carbons (Fsp3) is 0.208. The van der Waals surface area contributed by atoms with E-state index < -0.39 is 0 Å². The summed E-state index contributed by atoms with van der Waals surface area (Å²) < 4.78 is 11.0. The van der Waals surface area contributed by atoms with Crippen molar-refractivity contribution >= 4 is 23.3 Å². The van der Waals surface area contributed by atoms with Gasteiger partial charge in [-0.05, 0) is 47.0 Å². The summed E-state index contributed by atoms with van der Waals surface area (Å²) >= 11 is 6.18. The number of amides is 2. The summed E-state index contributed by atoms with van der Waals surface area (Å²) in [6.45, 7) is 1.38. The predicted molar refractivity (Wildman–Crippen MR) is 120 cm³/mol. The number of ether oxygens (including phenoxy) is 2. The highest BCUT2D eigenvalue weighted by Gasteiger charge is 2.11. The van der Waals surface area contributed by atoms with Crippen LogP contribution in [-0.2, 0) is 24.5 Å². The molecule has 0 unspecified atom stereocenters. The summed E-state index contributed by atoms with van der Waals surface area (Å²) in [5.74, 6) is 0.821. The van der Waals surface area contributed by atoms with Crippen molar-refractivity contribution < 1.29 is 14.3 Å². The maximum absolute atomic E-state index is 12.5. The van der Waals surface area contributed by atoms with E-state index in [0.717, 1.165) is 28.1 Å². The monoisotopic (exact) mass is 424 g/mol. The van der Waals surface area contributed by atoms with Gasteiger partial charge >= 0.3 is 6.03 Å². The van der Waals surface area contributed by atoms with Crippen LogP contribution >= 0.6 is 11.6 Å². The lowest BCUT2D eigenvalue weighted by Crippen LogP contribution is -2.30. The van der Waals surface area contributed by atoms with Gasteiger partial charge in [0, 0.05) is 24.3 Å². The van der Waals surface area contributed by atoms with Gasteiger partial charge < -0.3 is 19.7 Å². The Morgan fingerprint density at radius 3 is 2.43 bits per heavy atom. The van der Waals surface area contributed by atoms with E-state index in [4.69, 9.17) is 21.1 Å². The molecule has 1 N–H and O–H groups in total. The Morgan fingerprint density at radius 2 is 1.70 bits per heavy atom. The third-order valence-corrected chi connectivity index (χ3v) is 4.96. The molecule has 3 aromatic rings. The molecule has 156 valence electrons. The molecule has 0 aromatic heterocycles. The normalized spacial score (nSPS) is 10.5. The van der Waals surface area contributed by atoms with Crippen molar-refractivity contribution in [2.45, 2.75) is 19.8 Å². The quantitative estimate of drug-likeness (QED) is 0.502. The van der Waals surface area contributed by atoms with E-state index >= 15 is 0 Å². The van der Waals surface area contributed by atoms with E-state index in [-0.39, 0.29) is 6.03 Å². The molecule has 0 fully saturated rings. The lowest BCUT2D eigenvalue weighted by molar-refractivity contribution is 0.107. The van der Waals surface area contributed by atoms with Gasteiger partial charge in [-0.3, -0.25) is 0 Å². The van der Waals surface area contributed by atoms with Crippen molar-refractivity contribution in [1.82, 2.24) is 4.90 Å². The minimum Gasteiger partial charge on any atom is -0.497 e. The number of carbonyl (C=O) groups is 1. The van der Waals surface area contributed by atoms with Crippen LogP contribution in [0.25, 0.3) is 0 Å². The average Bonchev–Trinajstić information content (AvgIpc) is 2.76. The van der Waals surface area contributed by atoms with Crippen LogP contribution in [0.4, 0.5) is 10.5 Å². The Morgan fingerprint density at radius 1 is 0.967 bits per heavy atom. The van der Waals surface area contributed by atoms with Crippen molar-refractivity contribution in [2.24, 2.45) is 0 Å². The molecule has 0 radical (unpaired) electrons. The highest BCUT2D eigenvalue weighted by Crippen LogP contribution is 2.18. The van der Waals surface area contributed by atoms with E-state index in [0.29, 0.717) is 24.8 Å². The zero-order chi connectivity index (χ0) is 21.3. The van der Waals surface area contributed by atoms with Crippen molar-refractivity contribution in [1.29, 1.82) is 0 Å². The van der Waals surface area contributed by atoms with Crippen molar-refractivity contribution in [3.8, 4) is 5.75 Å². The van der Waals surface area contributed by atoms with Gasteiger partial charge in [0.15, 0.2) is 0 Å². The molecule has 0 atom stereocenters. The van der Waals surface area contributed by atoms with Gasteiger partial charge in [-0.2, -0.15) is 0 Å². The van der Waals surface area contributed by atoms with Gasteiger partial charge in [0.05, 0.1) is 20.3 Å². The maximum Gasteiger partial charge on any atom is 0.321 e. The van der Waals surface area contributed by atoms with Crippen LogP contribution in [0.5, 0.6) is 5.75 Å². The van der Waals surface area contributed by atoms with Crippen LogP contribution in [0.2, 0.25) is 5.02 Å². The Kier molecular flexibility index (Phi) is 7.71. The first-order chi connectivity index (χ1) is 14.5. The second kappa shape index (κ2) is 10.7. The molecule has 0 aliphatic carbocycles. The number of anilines is 1. The van der Waals surface area contributed by atoms with Crippen LogP contribution in [0, 0.1) is 0 Å². The Hall–Kier alpha value is -3.02. The summed E-state index contributed by atoms with van der Waals surface area (Å²) in [6, 6.07) is 22.7. The van der Waals surface area contributed by atoms with Crippen LogP contribution < -0.4 is 10.1 Å². The molecule has 0 saturated heterocycles. The average molecular weight is 425 g/mol. The zero-order valence-electron chi connectivity index (χ0n) is 17.1. The molecule has 0 bridgehead atoms. The number of nitrogens with zero attached hydrogens (tertiary/aromatic N) is 1. The predicted octanol–water partition coefficient (Wildman–Crippen LogP) is 5.73. The van der Waals surface area contributed by atoms with Crippen LogP contribution in [0.15, 0.2) is 72.8 Å². The number of rotatable bonds is 8. The Bertz CT molecular complexity index is 976. The summed E-state index contributed by atoms with van der Waals surface area (Å²) in [7, 11) is 3.38. The molecule has 0 saturated carbocycles. The minimum absolute atomic E-state index is 0.203. The first kappa shape index (κ1) is 21.7. The third kappa shape index (κ3) is 6.24. The highest BCUT2D eigenvalue weighted by atomic mass is 35.5. The first-order valence-corrected chi connectivity index (χ1v) is 9.98. The molecule has 3 aromatic carbocycles. The smallest absolute Gasteiger partial charge is 0.321 e. The molecule has 6 heteroatoms. The molecule has 2 amide bonds. The standard InChI is InChI=1S/C24H25ClN2O3/c1-27(15-20-7-3-4-9-23(20)25)24(28)26-21-8-5-6-19(14-21)17-30-16-18-10-12-22(29-2)13-11-18/h3-14H,15-17H2,1-2H3,(H,26,28). The van der Waals surface area contributed by atoms with Crippen LogP contribution in [-0.4, -0.2) is 25.1 Å². The first-order valence-electron chi connectivity index (χ1n) is 9.60. The van der Waals surface area contributed by atoms with Gasteiger partial charge in [0.2, 0.25) is 0 Å². The van der Waals surface area contributed by atoms with Gasteiger partial charge in [0.25, 0.3) is 0 Å². The topological polar surface area (TPSA) is 50.8 Å². The van der Waals surface area contributed by atoms with Crippen LogP contribution in [0.1, 0.15) is 16.7 Å². The second-order valence-corrected chi connectivity index (χ2v) is 7.33. The van der Waals surface area contributed by atoms with Crippen molar-refractivity contribution in [3.63, 3.8) is 0 Å². The Balaban J connectivity index is 1.51. The van der Waals surface area contributed by atoms with Crippen LogP contribution in [0.3, 0.4) is 0 Å². The molecule has 0 spiro atoms. The lowest BCUT2D eigenvalue weighted by atomic mass is 10.2. The number of methoxy groups -OCH3 is 1. The van der Waals surface area contributed by atoms with Gasteiger partial charge in [-0.25, -0.2) is 4.79 Å². The fourth-order valence-corrected chi connectivity index (χ4v) is 3.12. The van der Waals surface area contributed by atoms with E-state index in [9.17, 15) is 4.79 Å². The molecule has 0 heterocycles. The van der Waals surface area contributed by atoms with Gasteiger partial charge in [0.1, 0.15) is 5.75 Å². The molecular weight excluding hydrogens is 400 g/mol. The number of carbonyl (C=O) groups excluding carboxylic acids is 1. The largest absolute Gasteiger partial charge is 0.497 e. The van der Waals surface area contributed by atoms with E-state index in [1.165, 1.54) is 0 Å². The fourth-order valence-electron chi connectivity index (χ4n) is 2.92. The molecular formula is C24H25ClN2O3. The number of halogens is 1. The van der Waals surface area contributed by atoms with E-state index in [2.05, 4.69) is 5.32 Å². The SMILES string of the molecule is COc1ccc(COCc2cccc(NC(=O)N(C)Cc3ccccc3Cl)c2)cc1. The second-order valence-electron chi connectivity index (χ2n) is 6.92. The van der Waals surface area contributed by atoms with E-state index in [1.54, 1.807) is 19.1 Å². The third-order valence-electron chi connectivity index (χ3n) is 4.59. The lowest BCUT2D eigenvalue weighted by Gasteiger charge is -2.19. The number of hydrogen-bond donors (Lipinski definition) is 1. The summed E-state index contributed by atoms with van der Waals surface area (Å²) in [4.78, 5) is 14.1. The molecule has 0 aliphatic heterocycles. The molecule has 5 nitrogen and oxygen atoms in total. The number of nitrogens with one attached hydrogen (secondary N) is 1. The molecule has 0 aliphatic rings. The maximum atomic E-state index is 12.5. The minimum atomic E-state index is -0.203. The number of urea groups is 1.